The first-order chi connectivity index (χ1) is 9.66. The molecule has 1 heterocycles. The van der Waals surface area contributed by atoms with E-state index in [2.05, 4.69) is 17.6 Å². The van der Waals surface area contributed by atoms with Gasteiger partial charge in [0.15, 0.2) is 0 Å². The summed E-state index contributed by atoms with van der Waals surface area (Å²) < 4.78 is 0. The van der Waals surface area contributed by atoms with Gasteiger partial charge in [0.1, 0.15) is 0 Å². The Balaban J connectivity index is 0.00000220. The first-order valence-corrected chi connectivity index (χ1v) is 7.75. The molecule has 1 aliphatic rings. The summed E-state index contributed by atoms with van der Waals surface area (Å²) in [6.07, 6.45) is 3.04. The minimum absolute atomic E-state index is 0. The van der Waals surface area contributed by atoms with Crippen LogP contribution in [0.4, 0.5) is 0 Å². The number of carbonyl (C=O) groups excluding carboxylic acids is 1. The van der Waals surface area contributed by atoms with E-state index in [4.69, 9.17) is 11.6 Å². The third-order valence-electron chi connectivity index (χ3n) is 4.08. The van der Waals surface area contributed by atoms with Crippen LogP contribution in [0.5, 0.6) is 0 Å². The zero-order chi connectivity index (χ0) is 14.4. The van der Waals surface area contributed by atoms with Gasteiger partial charge in [0.25, 0.3) is 0 Å². The highest BCUT2D eigenvalue weighted by Gasteiger charge is 2.21. The van der Waals surface area contributed by atoms with E-state index in [-0.39, 0.29) is 18.3 Å². The number of hydrogen-bond acceptors (Lipinski definition) is 2. The number of benzene rings is 1. The summed E-state index contributed by atoms with van der Waals surface area (Å²) in [5.41, 5.74) is 0.967. The topological polar surface area (TPSA) is 41.1 Å². The van der Waals surface area contributed by atoms with Crippen molar-refractivity contribution < 1.29 is 4.79 Å². The largest absolute Gasteiger partial charge is 0.352 e. The van der Waals surface area contributed by atoms with Crippen LogP contribution in [-0.4, -0.2) is 19.0 Å². The third kappa shape index (κ3) is 5.85. The molecule has 0 spiro atoms. The average molecular weight is 331 g/mol. The fourth-order valence-corrected chi connectivity index (χ4v) is 2.93. The van der Waals surface area contributed by atoms with Crippen LogP contribution in [0.15, 0.2) is 24.3 Å². The monoisotopic (exact) mass is 330 g/mol. The second kappa shape index (κ2) is 9.29. The Kier molecular flexibility index (Phi) is 8.09. The number of amides is 1. The minimum atomic E-state index is 0. The molecular formula is C16H24Cl2N2O. The molecule has 1 fully saturated rings. The van der Waals surface area contributed by atoms with Gasteiger partial charge in [-0.05, 0) is 49.4 Å². The Morgan fingerprint density at radius 2 is 2.24 bits per heavy atom. The smallest absolute Gasteiger partial charge is 0.220 e. The van der Waals surface area contributed by atoms with Crippen molar-refractivity contribution in [1.29, 1.82) is 0 Å². The summed E-state index contributed by atoms with van der Waals surface area (Å²) in [5.74, 6) is 1.16. The van der Waals surface area contributed by atoms with Crippen LogP contribution in [0.2, 0.25) is 5.02 Å². The molecule has 0 bridgehead atoms. The van der Waals surface area contributed by atoms with E-state index in [1.165, 1.54) is 12.8 Å². The minimum Gasteiger partial charge on any atom is -0.352 e. The van der Waals surface area contributed by atoms with Crippen molar-refractivity contribution in [3.63, 3.8) is 0 Å². The fraction of sp³-hybridized carbons (Fsp3) is 0.562. The number of rotatable bonds is 5. The Labute approximate surface area is 138 Å². The van der Waals surface area contributed by atoms with Crippen molar-refractivity contribution >= 4 is 29.9 Å². The van der Waals surface area contributed by atoms with Crippen LogP contribution >= 0.6 is 24.0 Å². The lowest BCUT2D eigenvalue weighted by molar-refractivity contribution is -0.122. The van der Waals surface area contributed by atoms with Gasteiger partial charge < -0.3 is 10.6 Å². The highest BCUT2D eigenvalue weighted by molar-refractivity contribution is 6.31. The molecule has 2 rings (SSSR count). The maximum atomic E-state index is 12.0. The number of halogens is 2. The maximum Gasteiger partial charge on any atom is 0.220 e. The molecule has 1 amide bonds. The molecule has 2 N–H and O–H groups in total. The van der Waals surface area contributed by atoms with E-state index in [1.807, 2.05) is 24.3 Å². The van der Waals surface area contributed by atoms with Crippen molar-refractivity contribution in [3.8, 4) is 0 Å². The molecule has 118 valence electrons. The van der Waals surface area contributed by atoms with Gasteiger partial charge in [0, 0.05) is 18.0 Å². The molecule has 1 aliphatic heterocycles. The van der Waals surface area contributed by atoms with Gasteiger partial charge in [-0.25, -0.2) is 0 Å². The molecule has 1 aromatic carbocycles. The standard InChI is InChI=1S/C16H23ClN2O.ClH/c1-12(13-6-4-8-18-10-13)9-16(20)19-11-14-5-2-3-7-15(14)17;/h2-3,5,7,12-13,18H,4,6,8-11H2,1H3,(H,19,20);1H. The lowest BCUT2D eigenvalue weighted by atomic mass is 9.85. The first kappa shape index (κ1) is 18.3. The summed E-state index contributed by atoms with van der Waals surface area (Å²) in [6, 6.07) is 7.62. The number of piperidine rings is 1. The van der Waals surface area contributed by atoms with Crippen molar-refractivity contribution in [3.05, 3.63) is 34.9 Å². The van der Waals surface area contributed by atoms with Crippen molar-refractivity contribution in [2.75, 3.05) is 13.1 Å². The summed E-state index contributed by atoms with van der Waals surface area (Å²) in [4.78, 5) is 12.0. The van der Waals surface area contributed by atoms with Crippen molar-refractivity contribution in [1.82, 2.24) is 10.6 Å². The van der Waals surface area contributed by atoms with Gasteiger partial charge in [-0.3, -0.25) is 4.79 Å². The number of nitrogens with one attached hydrogen (secondary N) is 2. The number of carbonyl (C=O) groups is 1. The molecule has 2 unspecified atom stereocenters. The Hall–Kier alpha value is -0.770. The third-order valence-corrected chi connectivity index (χ3v) is 4.45. The molecule has 1 aromatic rings. The van der Waals surface area contributed by atoms with Gasteiger partial charge in [0.2, 0.25) is 5.91 Å². The maximum absolute atomic E-state index is 12.0. The quantitative estimate of drug-likeness (QED) is 0.868. The van der Waals surface area contributed by atoms with Crippen LogP contribution in [0.3, 0.4) is 0 Å². The lowest BCUT2D eigenvalue weighted by Gasteiger charge is -2.28. The van der Waals surface area contributed by atoms with E-state index in [1.54, 1.807) is 0 Å². The molecule has 2 atom stereocenters. The van der Waals surface area contributed by atoms with E-state index in [0.717, 1.165) is 18.7 Å². The summed E-state index contributed by atoms with van der Waals surface area (Å²) in [7, 11) is 0. The molecule has 3 nitrogen and oxygen atoms in total. The molecule has 0 aliphatic carbocycles. The molecule has 0 radical (unpaired) electrons. The molecule has 0 aromatic heterocycles. The van der Waals surface area contributed by atoms with Crippen LogP contribution in [0.25, 0.3) is 0 Å². The predicted octanol–water partition coefficient (Wildman–Crippen LogP) is 3.40. The number of hydrogen-bond donors (Lipinski definition) is 2. The van der Waals surface area contributed by atoms with Crippen LogP contribution in [0.1, 0.15) is 31.7 Å². The van der Waals surface area contributed by atoms with Gasteiger partial charge in [-0.1, -0.05) is 36.7 Å². The van der Waals surface area contributed by atoms with Crippen molar-refractivity contribution in [2.24, 2.45) is 11.8 Å². The fourth-order valence-electron chi connectivity index (χ4n) is 2.73. The van der Waals surface area contributed by atoms with Gasteiger partial charge in [-0.2, -0.15) is 0 Å². The SMILES string of the molecule is CC(CC(=O)NCc1ccccc1Cl)C1CCCNC1.Cl. The van der Waals surface area contributed by atoms with E-state index in [9.17, 15) is 4.79 Å². The van der Waals surface area contributed by atoms with Gasteiger partial charge in [-0.15, -0.1) is 12.4 Å². The van der Waals surface area contributed by atoms with Crippen LogP contribution < -0.4 is 10.6 Å². The zero-order valence-corrected chi connectivity index (χ0v) is 14.0. The Bertz CT molecular complexity index is 448. The molecule has 0 saturated carbocycles. The van der Waals surface area contributed by atoms with E-state index in [0.29, 0.717) is 29.8 Å². The Morgan fingerprint density at radius 1 is 1.48 bits per heavy atom. The second-order valence-electron chi connectivity index (χ2n) is 5.66. The predicted molar refractivity (Wildman–Crippen MR) is 89.9 cm³/mol. The highest BCUT2D eigenvalue weighted by atomic mass is 35.5. The summed E-state index contributed by atoms with van der Waals surface area (Å²) >= 11 is 6.08. The highest BCUT2D eigenvalue weighted by Crippen LogP contribution is 2.22. The molecule has 1 saturated heterocycles. The summed E-state index contributed by atoms with van der Waals surface area (Å²) in [6.45, 7) is 4.84. The lowest BCUT2D eigenvalue weighted by Crippen LogP contribution is -2.35. The molecule has 21 heavy (non-hydrogen) atoms. The zero-order valence-electron chi connectivity index (χ0n) is 12.4. The van der Waals surface area contributed by atoms with Crippen molar-refractivity contribution in [2.45, 2.75) is 32.7 Å². The molecule has 5 heteroatoms. The first-order valence-electron chi connectivity index (χ1n) is 7.37. The average Bonchev–Trinajstić information content (AvgIpc) is 2.47. The van der Waals surface area contributed by atoms with Gasteiger partial charge in [0.05, 0.1) is 0 Å². The van der Waals surface area contributed by atoms with E-state index < -0.39 is 0 Å². The van der Waals surface area contributed by atoms with Crippen LogP contribution in [-0.2, 0) is 11.3 Å². The second-order valence-corrected chi connectivity index (χ2v) is 6.06. The van der Waals surface area contributed by atoms with E-state index >= 15 is 0 Å². The summed E-state index contributed by atoms with van der Waals surface area (Å²) in [5, 5.41) is 7.08. The van der Waals surface area contributed by atoms with Gasteiger partial charge >= 0.3 is 0 Å². The van der Waals surface area contributed by atoms with Crippen LogP contribution in [0, 0.1) is 11.8 Å². The normalized spacial score (nSPS) is 19.4. The molecular weight excluding hydrogens is 307 g/mol. The Morgan fingerprint density at radius 3 is 2.90 bits per heavy atom.